The van der Waals surface area contributed by atoms with Crippen LogP contribution < -0.4 is 5.32 Å². The van der Waals surface area contributed by atoms with Crippen LogP contribution in [0.1, 0.15) is 22.5 Å². The van der Waals surface area contributed by atoms with Crippen LogP contribution in [-0.4, -0.2) is 38.9 Å². The van der Waals surface area contributed by atoms with Gasteiger partial charge in [0.1, 0.15) is 0 Å². The fourth-order valence-electron chi connectivity index (χ4n) is 2.81. The molecule has 3 aromatic rings. The number of nitrogens with zero attached hydrogens (tertiary/aromatic N) is 4. The fraction of sp³-hybridized carbons (Fsp3) is 0.333. The average molecular weight is 371 g/mol. The van der Waals surface area contributed by atoms with Crippen molar-refractivity contribution in [3.8, 4) is 0 Å². The Kier molecular flexibility index (Phi) is 5.53. The summed E-state index contributed by atoms with van der Waals surface area (Å²) in [5.41, 5.74) is 4.22. The Balaban J connectivity index is 1.85. The molecule has 2 aromatic heterocycles. The second-order valence-corrected chi connectivity index (χ2v) is 6.66. The largest absolute Gasteiger partial charge is 0.380 e. The second kappa shape index (κ2) is 7.84. The van der Waals surface area contributed by atoms with Gasteiger partial charge in [-0.25, -0.2) is 9.50 Å². The lowest BCUT2D eigenvalue weighted by molar-refractivity contribution is -0.115. The first-order chi connectivity index (χ1) is 12.5. The number of aryl methyl sites for hydroxylation is 2. The predicted molar refractivity (Wildman–Crippen MR) is 102 cm³/mol. The highest BCUT2D eigenvalue weighted by Crippen LogP contribution is 2.19. The van der Waals surface area contributed by atoms with E-state index < -0.39 is 0 Å². The molecule has 0 aliphatic carbocycles. The summed E-state index contributed by atoms with van der Waals surface area (Å²) in [6.07, 6.45) is 2.14. The smallest absolute Gasteiger partial charge is 0.253 e. The summed E-state index contributed by atoms with van der Waals surface area (Å²) in [5.74, 6) is 0.449. The summed E-state index contributed by atoms with van der Waals surface area (Å²) in [7, 11) is 1.63. The number of hydrogen-bond donors (Lipinski definition) is 1. The van der Waals surface area contributed by atoms with Crippen LogP contribution in [-0.2, 0) is 22.6 Å². The molecular formula is C18H21N5O2S. The van der Waals surface area contributed by atoms with Gasteiger partial charge in [-0.1, -0.05) is 30.0 Å². The number of amides is 1. The van der Waals surface area contributed by atoms with E-state index in [4.69, 9.17) is 4.74 Å². The number of carbonyl (C=O) groups excluding carboxylic acids is 1. The van der Waals surface area contributed by atoms with Crippen molar-refractivity contribution in [2.24, 2.45) is 0 Å². The van der Waals surface area contributed by atoms with Gasteiger partial charge in [-0.3, -0.25) is 4.79 Å². The lowest BCUT2D eigenvalue weighted by atomic mass is 10.1. The molecule has 0 unspecified atom stereocenters. The molecule has 8 heteroatoms. The molecule has 0 bridgehead atoms. The summed E-state index contributed by atoms with van der Waals surface area (Å²) < 4.78 is 6.88. The van der Waals surface area contributed by atoms with Gasteiger partial charge in [0.2, 0.25) is 11.1 Å². The lowest BCUT2D eigenvalue weighted by Crippen LogP contribution is -2.18. The molecule has 0 saturated carbocycles. The van der Waals surface area contributed by atoms with Crippen LogP contribution in [0.2, 0.25) is 0 Å². The van der Waals surface area contributed by atoms with Gasteiger partial charge >= 0.3 is 0 Å². The quantitative estimate of drug-likeness (QED) is 0.671. The zero-order valence-electron chi connectivity index (χ0n) is 15.2. The average Bonchev–Trinajstić information content (AvgIpc) is 3.04. The summed E-state index contributed by atoms with van der Waals surface area (Å²) in [6, 6.07) is 7.61. The monoisotopic (exact) mass is 371 g/mol. The number of thioether (sulfide) groups is 1. The first kappa shape index (κ1) is 18.3. The Labute approximate surface area is 156 Å². The van der Waals surface area contributed by atoms with Gasteiger partial charge < -0.3 is 10.1 Å². The zero-order chi connectivity index (χ0) is 18.7. The third-order valence-corrected chi connectivity index (χ3v) is 4.68. The maximum Gasteiger partial charge on any atom is 0.253 e. The molecule has 0 fully saturated rings. The molecule has 7 nitrogen and oxygen atoms in total. The van der Waals surface area contributed by atoms with Crippen molar-refractivity contribution in [2.45, 2.75) is 32.0 Å². The second-order valence-electron chi connectivity index (χ2n) is 5.89. The maximum atomic E-state index is 12.6. The van der Waals surface area contributed by atoms with Crippen molar-refractivity contribution >= 4 is 29.1 Å². The van der Waals surface area contributed by atoms with Crippen molar-refractivity contribution in [3.63, 3.8) is 0 Å². The number of ether oxygens (including phenoxy) is 1. The minimum atomic E-state index is -0.105. The molecule has 1 amide bonds. The highest BCUT2D eigenvalue weighted by atomic mass is 32.2. The summed E-state index contributed by atoms with van der Waals surface area (Å²) in [4.78, 5) is 21.5. The number of fused-ring (bicyclic) bond motifs is 1. The third-order valence-electron chi connectivity index (χ3n) is 4.14. The van der Waals surface area contributed by atoms with Crippen LogP contribution in [0.3, 0.4) is 0 Å². The van der Waals surface area contributed by atoms with E-state index in [0.29, 0.717) is 17.5 Å². The van der Waals surface area contributed by atoms with Gasteiger partial charge in [-0.2, -0.15) is 4.98 Å². The van der Waals surface area contributed by atoms with Gasteiger partial charge in [0, 0.05) is 35.3 Å². The number of carbonyl (C=O) groups is 1. The Bertz CT molecular complexity index is 954. The number of anilines is 1. The minimum absolute atomic E-state index is 0.105. The molecule has 1 aromatic carbocycles. The van der Waals surface area contributed by atoms with Gasteiger partial charge in [-0.15, -0.1) is 5.10 Å². The van der Waals surface area contributed by atoms with Crippen molar-refractivity contribution in [2.75, 3.05) is 18.7 Å². The van der Waals surface area contributed by atoms with Crippen molar-refractivity contribution in [3.05, 3.63) is 46.8 Å². The van der Waals surface area contributed by atoms with Crippen LogP contribution in [0.25, 0.3) is 5.78 Å². The van der Waals surface area contributed by atoms with Gasteiger partial charge in [0.25, 0.3) is 5.78 Å². The van der Waals surface area contributed by atoms with E-state index in [-0.39, 0.29) is 12.3 Å². The van der Waals surface area contributed by atoms with Gasteiger partial charge in [-0.05, 0) is 26.2 Å². The van der Waals surface area contributed by atoms with E-state index in [0.717, 1.165) is 28.2 Å². The molecule has 0 saturated heterocycles. The van der Waals surface area contributed by atoms with Crippen molar-refractivity contribution < 1.29 is 9.53 Å². The van der Waals surface area contributed by atoms with Crippen molar-refractivity contribution in [1.82, 2.24) is 19.6 Å². The maximum absolute atomic E-state index is 12.6. The first-order valence-electron chi connectivity index (χ1n) is 8.17. The van der Waals surface area contributed by atoms with Crippen LogP contribution in [0.15, 0.2) is 29.4 Å². The highest BCUT2D eigenvalue weighted by molar-refractivity contribution is 7.98. The number of rotatable bonds is 6. The molecule has 3 rings (SSSR count). The number of nitrogens with one attached hydrogen (secondary N) is 1. The number of hydrogen-bond acceptors (Lipinski definition) is 6. The molecular weight excluding hydrogens is 350 g/mol. The Morgan fingerprint density at radius 1 is 1.27 bits per heavy atom. The number of aromatic nitrogens is 4. The lowest BCUT2D eigenvalue weighted by Gasteiger charge is -2.13. The number of benzene rings is 1. The first-order valence-corrected chi connectivity index (χ1v) is 9.39. The van der Waals surface area contributed by atoms with Crippen LogP contribution in [0.4, 0.5) is 5.69 Å². The summed E-state index contributed by atoms with van der Waals surface area (Å²) >= 11 is 1.46. The molecule has 0 atom stereocenters. The zero-order valence-corrected chi connectivity index (χ0v) is 16.1. The van der Waals surface area contributed by atoms with Crippen LogP contribution >= 0.6 is 11.8 Å². The third kappa shape index (κ3) is 3.71. The van der Waals surface area contributed by atoms with E-state index in [2.05, 4.69) is 20.4 Å². The van der Waals surface area contributed by atoms with E-state index in [1.165, 1.54) is 11.8 Å². The molecule has 136 valence electrons. The normalized spacial score (nSPS) is 11.1. The molecule has 2 heterocycles. The van der Waals surface area contributed by atoms with E-state index in [1.807, 2.05) is 44.4 Å². The highest BCUT2D eigenvalue weighted by Gasteiger charge is 2.16. The standard InChI is InChI=1S/C18H21N5O2S/c1-11-14(12(2)23-17(19-11)21-18(22-23)26-4)9-16(24)20-15-8-6-5-7-13(15)10-25-3/h5-8H,9-10H2,1-4H3,(H,20,24). The van der Waals surface area contributed by atoms with Crippen molar-refractivity contribution in [1.29, 1.82) is 0 Å². The Morgan fingerprint density at radius 3 is 2.77 bits per heavy atom. The van der Waals surface area contributed by atoms with Gasteiger partial charge in [0.05, 0.1) is 13.0 Å². The van der Waals surface area contributed by atoms with E-state index in [1.54, 1.807) is 11.6 Å². The SMILES string of the molecule is COCc1ccccc1NC(=O)Cc1c(C)nc2nc(SC)nn2c1C. The number of methoxy groups -OCH3 is 1. The number of para-hydroxylation sites is 1. The van der Waals surface area contributed by atoms with E-state index in [9.17, 15) is 4.79 Å². The molecule has 0 aliphatic rings. The molecule has 26 heavy (non-hydrogen) atoms. The Hall–Kier alpha value is -2.45. The molecule has 1 N–H and O–H groups in total. The van der Waals surface area contributed by atoms with E-state index >= 15 is 0 Å². The Morgan fingerprint density at radius 2 is 2.04 bits per heavy atom. The van der Waals surface area contributed by atoms with Crippen LogP contribution in [0.5, 0.6) is 0 Å². The molecule has 0 aliphatic heterocycles. The topological polar surface area (TPSA) is 81.4 Å². The summed E-state index contributed by atoms with van der Waals surface area (Å²) in [6.45, 7) is 4.27. The molecule has 0 spiro atoms. The molecule has 0 radical (unpaired) electrons. The van der Waals surface area contributed by atoms with Crippen LogP contribution in [0, 0.1) is 13.8 Å². The predicted octanol–water partition coefficient (Wildman–Crippen LogP) is 2.79. The summed E-state index contributed by atoms with van der Waals surface area (Å²) in [5, 5.41) is 8.05. The fourth-order valence-corrected chi connectivity index (χ4v) is 3.15. The minimum Gasteiger partial charge on any atom is -0.380 e. The van der Waals surface area contributed by atoms with Gasteiger partial charge in [0.15, 0.2) is 0 Å².